The Morgan fingerprint density at radius 2 is 1.96 bits per heavy atom. The average molecular weight is 433 g/mol. The lowest BCUT2D eigenvalue weighted by Gasteiger charge is -2.15. The number of guanidine groups is 1. The van der Waals surface area contributed by atoms with Crippen LogP contribution in [0.15, 0.2) is 40.9 Å². The van der Waals surface area contributed by atoms with Crippen LogP contribution in [-0.2, 0) is 11.2 Å². The van der Waals surface area contributed by atoms with Crippen LogP contribution in [0.25, 0.3) is 0 Å². The van der Waals surface area contributed by atoms with Gasteiger partial charge in [0.15, 0.2) is 5.96 Å². The molecule has 0 radical (unpaired) electrons. The van der Waals surface area contributed by atoms with E-state index in [1.807, 2.05) is 12.1 Å². The molecule has 23 heavy (non-hydrogen) atoms. The van der Waals surface area contributed by atoms with E-state index in [2.05, 4.69) is 21.7 Å². The van der Waals surface area contributed by atoms with Gasteiger partial charge in [-0.15, -0.1) is 24.0 Å². The van der Waals surface area contributed by atoms with Crippen molar-refractivity contribution < 1.29 is 9.13 Å². The van der Waals surface area contributed by atoms with Crippen LogP contribution in [-0.4, -0.2) is 39.3 Å². The topological polar surface area (TPSA) is 45.7 Å². The molecule has 2 N–H and O–H groups in total. The highest BCUT2D eigenvalue weighted by Crippen LogP contribution is 2.10. The van der Waals surface area contributed by atoms with E-state index in [0.29, 0.717) is 13.0 Å². The SMILES string of the molecule is CN=C(NCCC1=CCOCC1)NCCc1ccccc1F.I. The van der Waals surface area contributed by atoms with E-state index in [-0.39, 0.29) is 29.8 Å². The lowest BCUT2D eigenvalue weighted by molar-refractivity contribution is 0.153. The molecule has 0 saturated carbocycles. The van der Waals surface area contributed by atoms with Gasteiger partial charge in [0.25, 0.3) is 0 Å². The summed E-state index contributed by atoms with van der Waals surface area (Å²) in [5.41, 5.74) is 2.15. The van der Waals surface area contributed by atoms with Crippen molar-refractivity contribution in [3.63, 3.8) is 0 Å². The van der Waals surface area contributed by atoms with Gasteiger partial charge in [0.1, 0.15) is 5.82 Å². The Labute approximate surface area is 154 Å². The van der Waals surface area contributed by atoms with Crippen molar-refractivity contribution in [1.82, 2.24) is 10.6 Å². The molecule has 0 unspecified atom stereocenters. The highest BCUT2D eigenvalue weighted by molar-refractivity contribution is 14.0. The summed E-state index contributed by atoms with van der Waals surface area (Å²) in [6.45, 7) is 3.04. The lowest BCUT2D eigenvalue weighted by Crippen LogP contribution is -2.39. The summed E-state index contributed by atoms with van der Waals surface area (Å²) in [6, 6.07) is 6.86. The van der Waals surface area contributed by atoms with Crippen molar-refractivity contribution in [2.45, 2.75) is 19.3 Å². The maximum absolute atomic E-state index is 13.5. The molecule has 1 aromatic rings. The zero-order valence-corrected chi connectivity index (χ0v) is 15.8. The van der Waals surface area contributed by atoms with E-state index in [1.54, 1.807) is 13.1 Å². The van der Waals surface area contributed by atoms with Gasteiger partial charge in [0.05, 0.1) is 13.2 Å². The molecule has 0 aromatic heterocycles. The predicted octanol–water partition coefficient (Wildman–Crippen LogP) is 2.89. The van der Waals surface area contributed by atoms with Gasteiger partial charge in [-0.2, -0.15) is 0 Å². The molecule has 0 saturated heterocycles. The predicted molar refractivity (Wildman–Crippen MR) is 103 cm³/mol. The molecule has 1 aromatic carbocycles. The van der Waals surface area contributed by atoms with Crippen LogP contribution in [0.5, 0.6) is 0 Å². The van der Waals surface area contributed by atoms with Crippen LogP contribution >= 0.6 is 24.0 Å². The molecule has 1 aliphatic rings. The van der Waals surface area contributed by atoms with Crippen molar-refractivity contribution in [1.29, 1.82) is 0 Å². The molecule has 0 atom stereocenters. The molecule has 4 nitrogen and oxygen atoms in total. The fourth-order valence-corrected chi connectivity index (χ4v) is 2.37. The minimum Gasteiger partial charge on any atom is -0.377 e. The van der Waals surface area contributed by atoms with E-state index in [9.17, 15) is 4.39 Å². The van der Waals surface area contributed by atoms with Crippen molar-refractivity contribution in [2.75, 3.05) is 33.4 Å². The minimum absolute atomic E-state index is 0. The van der Waals surface area contributed by atoms with E-state index in [0.717, 1.165) is 44.1 Å². The Balaban J connectivity index is 0.00000264. The largest absolute Gasteiger partial charge is 0.377 e. The number of halogens is 2. The standard InChI is InChI=1S/C17H24FN3O.HI/c1-19-17(20-10-6-14-8-12-22-13-9-14)21-11-7-15-4-2-3-5-16(15)18;/h2-5,8H,6-7,9-13H2,1H3,(H2,19,20,21);1H. The second-order valence-electron chi connectivity index (χ2n) is 5.20. The number of benzene rings is 1. The van der Waals surface area contributed by atoms with Crippen LogP contribution in [0.1, 0.15) is 18.4 Å². The molecule has 2 rings (SSSR count). The van der Waals surface area contributed by atoms with Crippen molar-refractivity contribution in [3.8, 4) is 0 Å². The van der Waals surface area contributed by atoms with Crippen molar-refractivity contribution in [3.05, 3.63) is 47.3 Å². The molecular formula is C17H25FIN3O. The maximum Gasteiger partial charge on any atom is 0.190 e. The molecule has 1 heterocycles. The monoisotopic (exact) mass is 433 g/mol. The fraction of sp³-hybridized carbons (Fsp3) is 0.471. The number of nitrogens with one attached hydrogen (secondary N) is 2. The summed E-state index contributed by atoms with van der Waals surface area (Å²) < 4.78 is 18.8. The molecule has 0 fully saturated rings. The fourth-order valence-electron chi connectivity index (χ4n) is 2.37. The van der Waals surface area contributed by atoms with E-state index in [4.69, 9.17) is 4.74 Å². The van der Waals surface area contributed by atoms with Gasteiger partial charge in [-0.05, 0) is 30.9 Å². The number of ether oxygens (including phenoxy) is 1. The third kappa shape index (κ3) is 7.30. The molecule has 1 aliphatic heterocycles. The molecule has 0 amide bonds. The molecule has 6 heteroatoms. The summed E-state index contributed by atoms with van der Waals surface area (Å²) in [4.78, 5) is 4.18. The smallest absolute Gasteiger partial charge is 0.190 e. The normalized spacial score (nSPS) is 14.7. The van der Waals surface area contributed by atoms with E-state index >= 15 is 0 Å². The molecule has 0 bridgehead atoms. The van der Waals surface area contributed by atoms with Gasteiger partial charge in [-0.3, -0.25) is 4.99 Å². The zero-order valence-electron chi connectivity index (χ0n) is 13.5. The Hall–Kier alpha value is -1.15. The van der Waals surface area contributed by atoms with Gasteiger partial charge in [0.2, 0.25) is 0 Å². The lowest BCUT2D eigenvalue weighted by atomic mass is 10.1. The van der Waals surface area contributed by atoms with Crippen molar-refractivity contribution >= 4 is 29.9 Å². The van der Waals surface area contributed by atoms with Crippen LogP contribution < -0.4 is 10.6 Å². The number of hydrogen-bond donors (Lipinski definition) is 2. The number of nitrogens with zero attached hydrogens (tertiary/aromatic N) is 1. The Morgan fingerprint density at radius 3 is 2.61 bits per heavy atom. The van der Waals surface area contributed by atoms with E-state index < -0.39 is 0 Å². The van der Waals surface area contributed by atoms with Crippen LogP contribution in [0.2, 0.25) is 0 Å². The third-order valence-electron chi connectivity index (χ3n) is 3.66. The number of aliphatic imine (C=N–C) groups is 1. The van der Waals surface area contributed by atoms with Gasteiger partial charge in [-0.25, -0.2) is 4.39 Å². The Bertz CT molecular complexity index is 534. The van der Waals surface area contributed by atoms with Gasteiger partial charge < -0.3 is 15.4 Å². The van der Waals surface area contributed by atoms with Crippen LogP contribution in [0.4, 0.5) is 4.39 Å². The summed E-state index contributed by atoms with van der Waals surface area (Å²) in [7, 11) is 1.74. The van der Waals surface area contributed by atoms with Gasteiger partial charge in [-0.1, -0.05) is 29.8 Å². The van der Waals surface area contributed by atoms with Crippen molar-refractivity contribution in [2.24, 2.45) is 4.99 Å². The zero-order chi connectivity index (χ0) is 15.6. The molecule has 0 spiro atoms. The Morgan fingerprint density at radius 1 is 1.22 bits per heavy atom. The summed E-state index contributed by atoms with van der Waals surface area (Å²) in [5.74, 6) is 0.600. The summed E-state index contributed by atoms with van der Waals surface area (Å²) in [5, 5.41) is 6.49. The third-order valence-corrected chi connectivity index (χ3v) is 3.66. The highest BCUT2D eigenvalue weighted by Gasteiger charge is 2.05. The molecule has 0 aliphatic carbocycles. The second-order valence-corrected chi connectivity index (χ2v) is 5.20. The van der Waals surface area contributed by atoms with Crippen LogP contribution in [0, 0.1) is 5.82 Å². The number of rotatable bonds is 6. The first kappa shape index (κ1) is 19.9. The summed E-state index contributed by atoms with van der Waals surface area (Å²) in [6.07, 6.45) is 4.80. The van der Waals surface area contributed by atoms with Gasteiger partial charge in [0, 0.05) is 20.1 Å². The summed E-state index contributed by atoms with van der Waals surface area (Å²) >= 11 is 0. The number of hydrogen-bond acceptors (Lipinski definition) is 2. The molecule has 128 valence electrons. The first-order valence-electron chi connectivity index (χ1n) is 7.73. The first-order valence-corrected chi connectivity index (χ1v) is 7.73. The van der Waals surface area contributed by atoms with Gasteiger partial charge >= 0.3 is 0 Å². The Kier molecular flexibility index (Phi) is 9.86. The molecular weight excluding hydrogens is 408 g/mol. The van der Waals surface area contributed by atoms with Crippen LogP contribution in [0.3, 0.4) is 0 Å². The van der Waals surface area contributed by atoms with E-state index in [1.165, 1.54) is 11.6 Å². The second kappa shape index (κ2) is 11.4. The highest BCUT2D eigenvalue weighted by atomic mass is 127. The minimum atomic E-state index is -0.154. The average Bonchev–Trinajstić information content (AvgIpc) is 2.56. The quantitative estimate of drug-likeness (QED) is 0.314. The first-order chi connectivity index (χ1) is 10.8. The maximum atomic E-state index is 13.5.